The van der Waals surface area contributed by atoms with Gasteiger partial charge in [0.05, 0.1) is 18.0 Å². The molecule has 3 rings (SSSR count). The Morgan fingerprint density at radius 3 is 1.74 bits per heavy atom. The number of hydrogen-bond acceptors (Lipinski definition) is 2. The summed E-state index contributed by atoms with van der Waals surface area (Å²) in [6.07, 6.45) is 0. The molecule has 0 spiro atoms. The normalized spacial score (nSPS) is 14.0. The van der Waals surface area contributed by atoms with Crippen molar-refractivity contribution in [3.63, 3.8) is 0 Å². The smallest absolute Gasteiger partial charge is 0.225 e. The van der Waals surface area contributed by atoms with Gasteiger partial charge in [0.15, 0.2) is 0 Å². The van der Waals surface area contributed by atoms with Gasteiger partial charge in [0.2, 0.25) is 5.91 Å². The highest BCUT2D eigenvalue weighted by molar-refractivity contribution is 5.80. The number of carbonyl (C=O) groups excluding carboxylic acids is 1. The predicted molar refractivity (Wildman–Crippen MR) is 111 cm³/mol. The molecule has 0 aliphatic heterocycles. The minimum atomic E-state index is -0.237. The van der Waals surface area contributed by atoms with E-state index in [9.17, 15) is 4.79 Å². The number of nitrogens with one attached hydrogen (secondary N) is 2. The fourth-order valence-corrected chi connectivity index (χ4v) is 3.19. The van der Waals surface area contributed by atoms with Crippen LogP contribution in [-0.2, 0) is 4.79 Å². The molecule has 0 aliphatic carbocycles. The van der Waals surface area contributed by atoms with Gasteiger partial charge in [-0.1, -0.05) is 85.8 Å². The molecular weight excluding hydrogens is 332 g/mol. The van der Waals surface area contributed by atoms with Gasteiger partial charge >= 0.3 is 0 Å². The van der Waals surface area contributed by atoms with Crippen LogP contribution in [-0.4, -0.2) is 5.91 Å². The summed E-state index contributed by atoms with van der Waals surface area (Å²) in [4.78, 5) is 13.0. The van der Waals surface area contributed by atoms with Gasteiger partial charge in [0, 0.05) is 5.69 Å². The van der Waals surface area contributed by atoms with Crippen molar-refractivity contribution in [1.29, 1.82) is 0 Å². The number of para-hydroxylation sites is 1. The third kappa shape index (κ3) is 4.98. The molecule has 0 aliphatic rings. The van der Waals surface area contributed by atoms with E-state index in [0.29, 0.717) is 0 Å². The maximum atomic E-state index is 13.0. The highest BCUT2D eigenvalue weighted by Crippen LogP contribution is 2.27. The van der Waals surface area contributed by atoms with Gasteiger partial charge in [-0.25, -0.2) is 0 Å². The zero-order valence-electron chi connectivity index (χ0n) is 15.8. The van der Waals surface area contributed by atoms with E-state index in [0.717, 1.165) is 16.8 Å². The second-order valence-corrected chi connectivity index (χ2v) is 6.83. The van der Waals surface area contributed by atoms with E-state index in [-0.39, 0.29) is 23.9 Å². The van der Waals surface area contributed by atoms with Crippen LogP contribution < -0.4 is 10.6 Å². The van der Waals surface area contributed by atoms with Crippen LogP contribution in [0.15, 0.2) is 91.0 Å². The molecule has 0 aromatic heterocycles. The molecule has 1 amide bonds. The Labute approximate surface area is 161 Å². The van der Waals surface area contributed by atoms with Crippen LogP contribution in [0.4, 0.5) is 5.69 Å². The molecular formula is C24H26N2O. The van der Waals surface area contributed by atoms with E-state index in [1.807, 2.05) is 92.7 Å². The molecule has 3 nitrogen and oxygen atoms in total. The minimum absolute atomic E-state index is 0.0311. The van der Waals surface area contributed by atoms with Gasteiger partial charge in [-0.3, -0.25) is 4.79 Å². The molecule has 0 radical (unpaired) electrons. The van der Waals surface area contributed by atoms with Gasteiger partial charge in [-0.15, -0.1) is 0 Å². The molecule has 0 saturated heterocycles. The molecule has 2 N–H and O–H groups in total. The summed E-state index contributed by atoms with van der Waals surface area (Å²) in [6.45, 7) is 3.99. The fraction of sp³-hybridized carbons (Fsp3) is 0.208. The van der Waals surface area contributed by atoms with Gasteiger partial charge in [0.25, 0.3) is 0 Å². The minimum Gasteiger partial charge on any atom is -0.377 e. The molecule has 0 bridgehead atoms. The van der Waals surface area contributed by atoms with E-state index in [1.165, 1.54) is 0 Å². The van der Waals surface area contributed by atoms with Crippen molar-refractivity contribution >= 4 is 11.6 Å². The molecule has 3 atom stereocenters. The van der Waals surface area contributed by atoms with Crippen molar-refractivity contribution in [2.24, 2.45) is 5.92 Å². The Hall–Kier alpha value is -3.07. The van der Waals surface area contributed by atoms with Crippen molar-refractivity contribution in [3.05, 3.63) is 102 Å². The van der Waals surface area contributed by atoms with Crippen LogP contribution in [0.25, 0.3) is 0 Å². The Kier molecular flexibility index (Phi) is 6.26. The third-order valence-electron chi connectivity index (χ3n) is 4.83. The summed E-state index contributed by atoms with van der Waals surface area (Å²) >= 11 is 0. The standard InChI is InChI=1S/C24H26N2O/c1-18(24(27)25-19(2)20-12-6-3-7-13-20)23(21-14-8-4-9-15-21)26-22-16-10-5-11-17-22/h3-19,23,26H,1-2H3,(H,25,27)/t18-,19+,23-/m1/s1. The maximum absolute atomic E-state index is 13.0. The van der Waals surface area contributed by atoms with E-state index >= 15 is 0 Å². The lowest BCUT2D eigenvalue weighted by Gasteiger charge is -2.27. The first kappa shape index (κ1) is 18.7. The van der Waals surface area contributed by atoms with Crippen LogP contribution in [0, 0.1) is 5.92 Å². The Bertz CT molecular complexity index is 834. The lowest BCUT2D eigenvalue weighted by Crippen LogP contribution is -2.36. The maximum Gasteiger partial charge on any atom is 0.225 e. The first-order chi connectivity index (χ1) is 13.1. The molecule has 0 heterocycles. The van der Waals surface area contributed by atoms with Gasteiger partial charge in [-0.2, -0.15) is 0 Å². The Balaban J connectivity index is 1.77. The summed E-state index contributed by atoms with van der Waals surface area (Å²) in [6, 6.07) is 30.0. The van der Waals surface area contributed by atoms with E-state index in [1.54, 1.807) is 0 Å². The number of amides is 1. The number of anilines is 1. The number of rotatable bonds is 7. The van der Waals surface area contributed by atoms with Crippen LogP contribution in [0.2, 0.25) is 0 Å². The predicted octanol–water partition coefficient (Wildman–Crippen LogP) is 5.35. The van der Waals surface area contributed by atoms with Gasteiger partial charge < -0.3 is 10.6 Å². The van der Waals surface area contributed by atoms with Crippen molar-refractivity contribution in [1.82, 2.24) is 5.32 Å². The SMILES string of the molecule is C[C@H](NC(=O)[C@H](C)[C@@H](Nc1ccccc1)c1ccccc1)c1ccccc1. The van der Waals surface area contributed by atoms with Crippen molar-refractivity contribution in [3.8, 4) is 0 Å². The molecule has 3 aromatic rings. The molecule has 138 valence electrons. The van der Waals surface area contributed by atoms with Crippen molar-refractivity contribution < 1.29 is 4.79 Å². The third-order valence-corrected chi connectivity index (χ3v) is 4.83. The van der Waals surface area contributed by atoms with E-state index in [4.69, 9.17) is 0 Å². The number of benzene rings is 3. The van der Waals surface area contributed by atoms with E-state index in [2.05, 4.69) is 22.8 Å². The molecule has 3 heteroatoms. The van der Waals surface area contributed by atoms with Crippen LogP contribution in [0.5, 0.6) is 0 Å². The van der Waals surface area contributed by atoms with Gasteiger partial charge in [-0.05, 0) is 30.2 Å². The van der Waals surface area contributed by atoms with Crippen molar-refractivity contribution in [2.75, 3.05) is 5.32 Å². The molecule has 0 fully saturated rings. The average Bonchev–Trinajstić information content (AvgIpc) is 2.73. The summed E-state index contributed by atoms with van der Waals surface area (Å²) in [5.74, 6) is -0.206. The van der Waals surface area contributed by atoms with E-state index < -0.39 is 0 Å². The Morgan fingerprint density at radius 1 is 0.704 bits per heavy atom. The second-order valence-electron chi connectivity index (χ2n) is 6.83. The largest absolute Gasteiger partial charge is 0.377 e. The fourth-order valence-electron chi connectivity index (χ4n) is 3.19. The lowest BCUT2D eigenvalue weighted by molar-refractivity contribution is -0.125. The zero-order valence-corrected chi connectivity index (χ0v) is 15.8. The summed E-state index contributed by atoms with van der Waals surface area (Å²) in [5.41, 5.74) is 3.20. The topological polar surface area (TPSA) is 41.1 Å². The first-order valence-electron chi connectivity index (χ1n) is 9.37. The molecule has 3 aromatic carbocycles. The van der Waals surface area contributed by atoms with Crippen LogP contribution in [0.1, 0.15) is 37.1 Å². The summed E-state index contributed by atoms with van der Waals surface area (Å²) in [7, 11) is 0. The zero-order chi connectivity index (χ0) is 19.1. The second kappa shape index (κ2) is 9.04. The summed E-state index contributed by atoms with van der Waals surface area (Å²) in [5, 5.41) is 6.68. The monoisotopic (exact) mass is 358 g/mol. The highest BCUT2D eigenvalue weighted by Gasteiger charge is 2.26. The van der Waals surface area contributed by atoms with Crippen molar-refractivity contribution in [2.45, 2.75) is 25.9 Å². The Morgan fingerprint density at radius 2 is 1.19 bits per heavy atom. The number of hydrogen-bond donors (Lipinski definition) is 2. The first-order valence-corrected chi connectivity index (χ1v) is 9.37. The quantitative estimate of drug-likeness (QED) is 0.597. The van der Waals surface area contributed by atoms with Crippen LogP contribution >= 0.6 is 0 Å². The summed E-state index contributed by atoms with van der Waals surface area (Å²) < 4.78 is 0. The van der Waals surface area contributed by atoms with Gasteiger partial charge in [0.1, 0.15) is 0 Å². The molecule has 27 heavy (non-hydrogen) atoms. The number of carbonyl (C=O) groups is 1. The van der Waals surface area contributed by atoms with Crippen LogP contribution in [0.3, 0.4) is 0 Å². The highest BCUT2D eigenvalue weighted by atomic mass is 16.2. The molecule has 0 saturated carbocycles. The average molecular weight is 358 g/mol. The lowest BCUT2D eigenvalue weighted by atomic mass is 9.92. The molecule has 0 unspecified atom stereocenters.